The lowest BCUT2D eigenvalue weighted by Crippen LogP contribution is -3.00. The monoisotopic (exact) mass is 656 g/mol. The first-order valence-electron chi connectivity index (χ1n) is 13.6. The van der Waals surface area contributed by atoms with Gasteiger partial charge in [0.05, 0.1) is 17.1 Å². The molecule has 5 heterocycles. The number of rotatable bonds is 7. The molecule has 2 atom stereocenters. The quantitative estimate of drug-likeness (QED) is 0.252. The number of halogens is 6. The molecule has 0 aliphatic carbocycles. The molecule has 3 aromatic heterocycles. The topological polar surface area (TPSA) is 99.1 Å². The van der Waals surface area contributed by atoms with Crippen LogP contribution in [0, 0.1) is 0 Å². The highest BCUT2D eigenvalue weighted by atomic mass is 35.5. The molecular formula is C28H30Cl3F3N8O. The van der Waals surface area contributed by atoms with Crippen molar-refractivity contribution in [2.75, 3.05) is 37.6 Å². The van der Waals surface area contributed by atoms with Gasteiger partial charge in [0, 0.05) is 54.3 Å². The van der Waals surface area contributed by atoms with Crippen molar-refractivity contribution >= 4 is 45.8 Å². The molecule has 2 unspecified atom stereocenters. The Labute approximate surface area is 262 Å². The lowest BCUT2D eigenvalue weighted by atomic mass is 9.96. The van der Waals surface area contributed by atoms with Gasteiger partial charge in [-0.1, -0.05) is 23.2 Å². The van der Waals surface area contributed by atoms with Crippen molar-refractivity contribution in [1.29, 1.82) is 0 Å². The van der Waals surface area contributed by atoms with E-state index in [4.69, 9.17) is 28.9 Å². The molecule has 1 fully saturated rings. The van der Waals surface area contributed by atoms with Crippen LogP contribution in [0.2, 0.25) is 10.0 Å². The SMILES string of the molecule is NC(=O)Cn1cc[n+](CC2c3[nH]c4ccc(Cl)cc4c3CCN2CC2CNCCN2c2ccc(Cl)c(C(F)(F)F)n2)c1.[Cl-]. The Hall–Kier alpha value is -3.03. The van der Waals surface area contributed by atoms with Crippen LogP contribution in [-0.4, -0.2) is 64.1 Å². The summed E-state index contributed by atoms with van der Waals surface area (Å²) in [4.78, 5) is 23.3. The van der Waals surface area contributed by atoms with E-state index in [1.807, 2.05) is 40.2 Å². The van der Waals surface area contributed by atoms with E-state index in [0.717, 1.165) is 29.6 Å². The number of imidazole rings is 1. The summed E-state index contributed by atoms with van der Waals surface area (Å²) in [6, 6.07) is 8.42. The number of fused-ring (bicyclic) bond motifs is 3. The van der Waals surface area contributed by atoms with Gasteiger partial charge in [-0.3, -0.25) is 9.69 Å². The highest BCUT2D eigenvalue weighted by Crippen LogP contribution is 2.37. The molecule has 0 radical (unpaired) electrons. The standard InChI is InChI=1S/C28H29Cl2F3N8O.ClH/c29-17-1-3-22-20(11-17)19-5-7-40(23(26(19)36-22)14-38-9-10-39(16-38)15-24(34)42)13-18-12-35-6-8-41(18)25-4-2-21(30)27(37-25)28(31,32)33;/h1-4,9-11,16,18,23,35-36H,5-8,12-15H2,(H-,34,42);1H. The fourth-order valence-electron chi connectivity index (χ4n) is 6.12. The Bertz CT molecular complexity index is 1620. The van der Waals surface area contributed by atoms with E-state index in [1.165, 1.54) is 11.6 Å². The number of aromatic nitrogens is 4. The first-order valence-corrected chi connectivity index (χ1v) is 14.4. The molecule has 4 aromatic rings. The van der Waals surface area contributed by atoms with Gasteiger partial charge in [-0.15, -0.1) is 0 Å². The van der Waals surface area contributed by atoms with E-state index in [0.29, 0.717) is 37.7 Å². The summed E-state index contributed by atoms with van der Waals surface area (Å²) in [5.74, 6) is -0.174. The molecular weight excluding hydrogens is 628 g/mol. The summed E-state index contributed by atoms with van der Waals surface area (Å²) in [6.45, 7) is 3.71. The number of amides is 1. The first-order chi connectivity index (χ1) is 20.1. The number of anilines is 1. The maximum atomic E-state index is 13.6. The number of carbonyl (C=O) groups excluding carboxylic acids is 1. The number of benzene rings is 1. The van der Waals surface area contributed by atoms with E-state index in [2.05, 4.69) is 20.2 Å². The van der Waals surface area contributed by atoms with Crippen molar-refractivity contribution in [3.8, 4) is 0 Å². The highest BCUT2D eigenvalue weighted by Gasteiger charge is 2.38. The van der Waals surface area contributed by atoms with Crippen molar-refractivity contribution < 1.29 is 34.9 Å². The van der Waals surface area contributed by atoms with E-state index in [1.54, 1.807) is 16.8 Å². The molecule has 0 saturated carbocycles. The third-order valence-electron chi connectivity index (χ3n) is 7.98. The van der Waals surface area contributed by atoms with Crippen molar-refractivity contribution in [2.24, 2.45) is 5.73 Å². The van der Waals surface area contributed by atoms with E-state index in [-0.39, 0.29) is 36.9 Å². The summed E-state index contributed by atoms with van der Waals surface area (Å²) >= 11 is 12.2. The Morgan fingerprint density at radius 2 is 2.00 bits per heavy atom. The predicted molar refractivity (Wildman–Crippen MR) is 153 cm³/mol. The lowest BCUT2D eigenvalue weighted by molar-refractivity contribution is -0.702. The first kappa shape index (κ1) is 31.4. The number of piperazine rings is 1. The minimum Gasteiger partial charge on any atom is -1.00 e. The number of hydrogen-bond acceptors (Lipinski definition) is 5. The van der Waals surface area contributed by atoms with Crippen molar-refractivity contribution in [1.82, 2.24) is 24.8 Å². The number of nitrogens with zero attached hydrogens (tertiary/aromatic N) is 5. The third-order valence-corrected chi connectivity index (χ3v) is 8.52. The van der Waals surface area contributed by atoms with Gasteiger partial charge in [-0.25, -0.2) is 14.1 Å². The van der Waals surface area contributed by atoms with Gasteiger partial charge >= 0.3 is 6.18 Å². The smallest absolute Gasteiger partial charge is 0.434 e. The van der Waals surface area contributed by atoms with Gasteiger partial charge in [0.25, 0.3) is 5.91 Å². The number of primary amides is 1. The van der Waals surface area contributed by atoms with E-state index < -0.39 is 22.8 Å². The maximum absolute atomic E-state index is 13.6. The Morgan fingerprint density at radius 3 is 2.77 bits per heavy atom. The van der Waals surface area contributed by atoms with Gasteiger partial charge in [0.1, 0.15) is 24.8 Å². The van der Waals surface area contributed by atoms with Crippen LogP contribution in [0.1, 0.15) is 23.0 Å². The number of pyridine rings is 1. The minimum atomic E-state index is -4.65. The van der Waals surface area contributed by atoms with Crippen LogP contribution >= 0.6 is 23.2 Å². The molecule has 4 N–H and O–H groups in total. The molecule has 9 nitrogen and oxygen atoms in total. The van der Waals surface area contributed by atoms with Gasteiger partial charge in [0.2, 0.25) is 6.33 Å². The molecule has 1 aromatic carbocycles. The molecule has 230 valence electrons. The summed E-state index contributed by atoms with van der Waals surface area (Å²) in [6.07, 6.45) is 1.70. The fourth-order valence-corrected chi connectivity index (χ4v) is 6.51. The third kappa shape index (κ3) is 6.58. The number of nitrogens with one attached hydrogen (secondary N) is 2. The van der Waals surface area contributed by atoms with Crippen molar-refractivity contribution in [3.63, 3.8) is 0 Å². The number of carbonyl (C=O) groups is 1. The van der Waals surface area contributed by atoms with E-state index in [9.17, 15) is 18.0 Å². The molecule has 0 bridgehead atoms. The summed E-state index contributed by atoms with van der Waals surface area (Å²) in [5.41, 5.74) is 7.59. The second kappa shape index (κ2) is 12.5. The molecule has 6 rings (SSSR count). The minimum absolute atomic E-state index is 0. The molecule has 43 heavy (non-hydrogen) atoms. The fraction of sp³-hybridized carbons (Fsp3) is 0.393. The Morgan fingerprint density at radius 1 is 1.19 bits per heavy atom. The lowest BCUT2D eigenvalue weighted by Gasteiger charge is -2.43. The van der Waals surface area contributed by atoms with Crippen LogP contribution in [0.3, 0.4) is 0 Å². The van der Waals surface area contributed by atoms with Gasteiger partial charge in [-0.2, -0.15) is 13.2 Å². The van der Waals surface area contributed by atoms with Crippen LogP contribution in [0.15, 0.2) is 49.1 Å². The highest BCUT2D eigenvalue weighted by molar-refractivity contribution is 6.31. The van der Waals surface area contributed by atoms with E-state index >= 15 is 0 Å². The largest absolute Gasteiger partial charge is 1.00 e. The summed E-state index contributed by atoms with van der Waals surface area (Å²) in [5, 5.41) is 4.73. The van der Waals surface area contributed by atoms with Crippen molar-refractivity contribution in [2.45, 2.75) is 37.8 Å². The maximum Gasteiger partial charge on any atom is 0.434 e. The van der Waals surface area contributed by atoms with Crippen LogP contribution in [-0.2, 0) is 30.5 Å². The number of H-pyrrole nitrogens is 1. The molecule has 0 spiro atoms. The average molecular weight is 658 g/mol. The molecule has 1 saturated heterocycles. The zero-order valence-corrected chi connectivity index (χ0v) is 25.2. The molecule has 2 aliphatic rings. The number of nitrogens with two attached hydrogens (primary N) is 1. The number of hydrogen-bond donors (Lipinski definition) is 3. The van der Waals surface area contributed by atoms with Crippen LogP contribution in [0.25, 0.3) is 10.9 Å². The predicted octanol–water partition coefficient (Wildman–Crippen LogP) is 0.545. The van der Waals surface area contributed by atoms with Crippen molar-refractivity contribution in [3.05, 3.63) is 76.0 Å². The second-order valence-electron chi connectivity index (χ2n) is 10.8. The van der Waals surface area contributed by atoms with Gasteiger partial charge in [0.15, 0.2) is 12.2 Å². The Kier molecular flexibility index (Phi) is 9.15. The molecule has 1 amide bonds. The van der Waals surface area contributed by atoms with Crippen LogP contribution in [0.4, 0.5) is 19.0 Å². The normalized spacial score (nSPS) is 19.3. The average Bonchev–Trinajstić information content (AvgIpc) is 3.53. The zero-order chi connectivity index (χ0) is 29.6. The van der Waals surface area contributed by atoms with Gasteiger partial charge in [-0.05, 0) is 42.3 Å². The summed E-state index contributed by atoms with van der Waals surface area (Å²) < 4.78 is 44.6. The van der Waals surface area contributed by atoms with Gasteiger partial charge < -0.3 is 33.3 Å². The summed E-state index contributed by atoms with van der Waals surface area (Å²) in [7, 11) is 0. The Balaban J connectivity index is 0.00000368. The zero-order valence-electron chi connectivity index (χ0n) is 22.9. The molecule has 15 heteroatoms. The number of alkyl halides is 3. The second-order valence-corrected chi connectivity index (χ2v) is 11.6. The van der Waals surface area contributed by atoms with Crippen LogP contribution < -0.4 is 32.9 Å². The van der Waals surface area contributed by atoms with Crippen LogP contribution in [0.5, 0.6) is 0 Å². The molecule has 2 aliphatic heterocycles. The number of aromatic amines is 1.